The Morgan fingerprint density at radius 2 is 1.00 bits per heavy atom. The molecule has 0 spiro atoms. The summed E-state index contributed by atoms with van der Waals surface area (Å²) in [5.74, 6) is -2.37. The molecule has 0 saturated heterocycles. The van der Waals surface area contributed by atoms with Gasteiger partial charge in [-0.05, 0) is 49.9 Å². The van der Waals surface area contributed by atoms with Crippen LogP contribution in [0.5, 0.6) is 0 Å². The number of hydrogen-bond donors (Lipinski definition) is 2. The van der Waals surface area contributed by atoms with E-state index in [1.54, 1.807) is 13.8 Å². The zero-order valence-corrected chi connectivity index (χ0v) is 14.5. The highest BCUT2D eigenvalue weighted by Gasteiger charge is 2.15. The van der Waals surface area contributed by atoms with E-state index in [1.807, 2.05) is 62.4 Å². The first-order valence-corrected chi connectivity index (χ1v) is 7.82. The summed E-state index contributed by atoms with van der Waals surface area (Å²) in [6, 6.07) is 15.1. The molecule has 0 radical (unpaired) electrons. The molecule has 0 saturated carbocycles. The average Bonchev–Trinajstić information content (AvgIpc) is 2.55. The summed E-state index contributed by atoms with van der Waals surface area (Å²) in [6.07, 6.45) is 0. The minimum Gasteiger partial charge on any atom is -0.481 e. The Hall–Kier alpha value is -2.62. The molecule has 24 heavy (non-hydrogen) atoms. The van der Waals surface area contributed by atoms with Crippen molar-refractivity contribution in [3.8, 4) is 0 Å². The summed E-state index contributed by atoms with van der Waals surface area (Å²) >= 11 is 0. The zero-order valence-electron chi connectivity index (χ0n) is 14.5. The van der Waals surface area contributed by atoms with Gasteiger partial charge < -0.3 is 10.2 Å². The minimum atomic E-state index is -0.774. The van der Waals surface area contributed by atoms with Crippen LogP contribution in [0.4, 0.5) is 0 Å². The molecule has 128 valence electrons. The van der Waals surface area contributed by atoms with Gasteiger partial charge in [-0.1, -0.05) is 48.5 Å². The lowest BCUT2D eigenvalue weighted by molar-refractivity contribution is -0.139. The Kier molecular flexibility index (Phi) is 7.18. The number of carboxylic acid groups (broad SMARTS) is 2. The zero-order chi connectivity index (χ0) is 18.3. The van der Waals surface area contributed by atoms with Crippen molar-refractivity contribution in [2.45, 2.75) is 39.5 Å². The summed E-state index contributed by atoms with van der Waals surface area (Å²) in [4.78, 5) is 21.3. The maximum Gasteiger partial charge on any atom is 0.310 e. The van der Waals surface area contributed by atoms with Gasteiger partial charge in [0.2, 0.25) is 0 Å². The molecule has 0 fully saturated rings. The predicted molar refractivity (Wildman–Crippen MR) is 94.5 cm³/mol. The van der Waals surface area contributed by atoms with Gasteiger partial charge in [0.15, 0.2) is 0 Å². The first-order chi connectivity index (χ1) is 11.3. The van der Waals surface area contributed by atoms with Crippen molar-refractivity contribution in [1.29, 1.82) is 0 Å². The normalized spacial score (nSPS) is 12.5. The Morgan fingerprint density at radius 3 is 1.25 bits per heavy atom. The average molecular weight is 328 g/mol. The molecule has 0 aliphatic rings. The van der Waals surface area contributed by atoms with Crippen molar-refractivity contribution in [1.82, 2.24) is 0 Å². The molecular weight excluding hydrogens is 304 g/mol. The van der Waals surface area contributed by atoms with Crippen molar-refractivity contribution in [3.63, 3.8) is 0 Å². The molecule has 2 aromatic rings. The highest BCUT2D eigenvalue weighted by molar-refractivity contribution is 5.76. The van der Waals surface area contributed by atoms with E-state index in [0.29, 0.717) is 0 Å². The van der Waals surface area contributed by atoms with E-state index in [4.69, 9.17) is 10.2 Å². The van der Waals surface area contributed by atoms with E-state index in [2.05, 4.69) is 0 Å². The monoisotopic (exact) mass is 328 g/mol. The van der Waals surface area contributed by atoms with Crippen molar-refractivity contribution >= 4 is 11.9 Å². The van der Waals surface area contributed by atoms with Crippen LogP contribution in [0.1, 0.15) is 47.9 Å². The summed E-state index contributed by atoms with van der Waals surface area (Å²) < 4.78 is 0. The maximum absolute atomic E-state index is 10.7. The first-order valence-electron chi connectivity index (χ1n) is 7.82. The van der Waals surface area contributed by atoms with Crippen molar-refractivity contribution in [3.05, 3.63) is 70.8 Å². The van der Waals surface area contributed by atoms with Crippen LogP contribution in [0, 0.1) is 13.8 Å². The van der Waals surface area contributed by atoms with Gasteiger partial charge in [-0.2, -0.15) is 0 Å². The quantitative estimate of drug-likeness (QED) is 0.874. The molecule has 0 heterocycles. The van der Waals surface area contributed by atoms with Gasteiger partial charge in [-0.3, -0.25) is 9.59 Å². The van der Waals surface area contributed by atoms with Crippen LogP contribution >= 0.6 is 0 Å². The number of hydrogen-bond acceptors (Lipinski definition) is 2. The molecule has 2 atom stereocenters. The molecule has 0 aliphatic heterocycles. The Labute approximate surface area is 142 Å². The second-order valence-electron chi connectivity index (χ2n) is 5.83. The van der Waals surface area contributed by atoms with Crippen LogP contribution in [0.3, 0.4) is 0 Å². The van der Waals surface area contributed by atoms with Crippen LogP contribution in [0.2, 0.25) is 0 Å². The lowest BCUT2D eigenvalue weighted by atomic mass is 9.97. The maximum atomic E-state index is 10.7. The number of carboxylic acids is 2. The van der Waals surface area contributed by atoms with Gasteiger partial charge in [0.25, 0.3) is 0 Å². The molecule has 2 unspecified atom stereocenters. The van der Waals surface area contributed by atoms with Crippen molar-refractivity contribution < 1.29 is 19.8 Å². The van der Waals surface area contributed by atoms with E-state index in [1.165, 1.54) is 0 Å². The summed E-state index contributed by atoms with van der Waals surface area (Å²) in [5, 5.41) is 17.5. The second kappa shape index (κ2) is 8.87. The van der Waals surface area contributed by atoms with Gasteiger partial charge in [-0.15, -0.1) is 0 Å². The fourth-order valence-corrected chi connectivity index (χ4v) is 2.41. The van der Waals surface area contributed by atoms with Gasteiger partial charge >= 0.3 is 11.9 Å². The van der Waals surface area contributed by atoms with Crippen molar-refractivity contribution in [2.75, 3.05) is 0 Å². The number of carbonyl (C=O) groups is 2. The molecule has 0 amide bonds. The fourth-order valence-electron chi connectivity index (χ4n) is 2.41. The van der Waals surface area contributed by atoms with Crippen LogP contribution in [0.15, 0.2) is 48.5 Å². The van der Waals surface area contributed by atoms with Crippen LogP contribution in [-0.2, 0) is 9.59 Å². The Balaban J connectivity index is 0.000000240. The molecule has 2 aromatic carbocycles. The largest absolute Gasteiger partial charge is 0.481 e. The fraction of sp³-hybridized carbons (Fsp3) is 0.300. The van der Waals surface area contributed by atoms with E-state index in [9.17, 15) is 9.59 Å². The molecule has 0 aromatic heterocycles. The standard InChI is InChI=1S/2C10H12O2/c2*1-7-5-3-4-6-9(7)8(2)10(11)12/h2*3-6,8H,1-2H3,(H,11,12). The lowest BCUT2D eigenvalue weighted by Gasteiger charge is -2.08. The number of benzene rings is 2. The highest BCUT2D eigenvalue weighted by Crippen LogP contribution is 2.19. The van der Waals surface area contributed by atoms with Gasteiger partial charge in [0, 0.05) is 0 Å². The van der Waals surface area contributed by atoms with E-state index < -0.39 is 23.8 Å². The number of rotatable bonds is 4. The van der Waals surface area contributed by atoms with Gasteiger partial charge in [-0.25, -0.2) is 0 Å². The molecule has 0 aliphatic carbocycles. The van der Waals surface area contributed by atoms with E-state index >= 15 is 0 Å². The highest BCUT2D eigenvalue weighted by atomic mass is 16.4. The first kappa shape index (κ1) is 19.4. The molecule has 2 rings (SSSR count). The molecule has 4 nitrogen and oxygen atoms in total. The Morgan fingerprint density at radius 1 is 0.708 bits per heavy atom. The second-order valence-corrected chi connectivity index (χ2v) is 5.83. The topological polar surface area (TPSA) is 74.6 Å². The smallest absolute Gasteiger partial charge is 0.310 e. The minimum absolute atomic E-state index is 0.411. The molecule has 4 heteroatoms. The van der Waals surface area contributed by atoms with Gasteiger partial charge in [0.1, 0.15) is 0 Å². The van der Waals surface area contributed by atoms with Gasteiger partial charge in [0.05, 0.1) is 11.8 Å². The molecule has 2 N–H and O–H groups in total. The number of aryl methyl sites for hydroxylation is 2. The molecular formula is C20H24O4. The summed E-state index contributed by atoms with van der Waals surface area (Å²) in [7, 11) is 0. The summed E-state index contributed by atoms with van der Waals surface area (Å²) in [5.41, 5.74) is 3.86. The van der Waals surface area contributed by atoms with E-state index in [-0.39, 0.29) is 0 Å². The number of aliphatic carboxylic acids is 2. The SMILES string of the molecule is Cc1ccccc1C(C)C(=O)O.Cc1ccccc1C(C)C(=O)O. The third-order valence-electron chi connectivity index (χ3n) is 4.05. The van der Waals surface area contributed by atoms with Crippen LogP contribution < -0.4 is 0 Å². The Bertz CT molecular complexity index is 645. The lowest BCUT2D eigenvalue weighted by Crippen LogP contribution is -2.08. The third kappa shape index (κ3) is 5.23. The molecule has 0 bridgehead atoms. The van der Waals surface area contributed by atoms with E-state index in [0.717, 1.165) is 22.3 Å². The third-order valence-corrected chi connectivity index (χ3v) is 4.05. The van der Waals surface area contributed by atoms with Crippen molar-refractivity contribution in [2.24, 2.45) is 0 Å². The predicted octanol–water partition coefficient (Wildman–Crippen LogP) is 4.37. The van der Waals surface area contributed by atoms with Crippen LogP contribution in [0.25, 0.3) is 0 Å². The van der Waals surface area contributed by atoms with Crippen LogP contribution in [-0.4, -0.2) is 22.2 Å². The summed E-state index contributed by atoms with van der Waals surface area (Å²) in [6.45, 7) is 7.25.